The smallest absolute Gasteiger partial charge is 0.186 e. The third-order valence-corrected chi connectivity index (χ3v) is 2.63. The van der Waals surface area contributed by atoms with Crippen molar-refractivity contribution in [2.45, 2.75) is 19.9 Å². The Labute approximate surface area is 105 Å². The van der Waals surface area contributed by atoms with Gasteiger partial charge in [-0.1, -0.05) is 25.1 Å². The SMILES string of the molecule is CCc1ncnc(NCc2ccccc2O)c1F. The Hall–Kier alpha value is -2.17. The number of phenolic OH excluding ortho intramolecular Hbond substituents is 1. The number of anilines is 1. The van der Waals surface area contributed by atoms with E-state index in [1.807, 2.05) is 13.0 Å². The Balaban J connectivity index is 2.14. The predicted octanol–water partition coefficient (Wildman–Crippen LogP) is 2.50. The van der Waals surface area contributed by atoms with Crippen LogP contribution in [0.2, 0.25) is 0 Å². The van der Waals surface area contributed by atoms with E-state index in [0.29, 0.717) is 24.2 Å². The molecule has 4 nitrogen and oxygen atoms in total. The molecule has 0 amide bonds. The van der Waals surface area contributed by atoms with Crippen LogP contribution in [0.25, 0.3) is 0 Å². The van der Waals surface area contributed by atoms with Gasteiger partial charge in [0.25, 0.3) is 0 Å². The summed E-state index contributed by atoms with van der Waals surface area (Å²) in [6.45, 7) is 2.14. The second kappa shape index (κ2) is 5.44. The Kier molecular flexibility index (Phi) is 3.72. The van der Waals surface area contributed by atoms with Crippen molar-refractivity contribution in [2.75, 3.05) is 5.32 Å². The monoisotopic (exact) mass is 247 g/mol. The van der Waals surface area contributed by atoms with E-state index in [1.54, 1.807) is 18.2 Å². The summed E-state index contributed by atoms with van der Waals surface area (Å²) in [7, 11) is 0. The fourth-order valence-electron chi connectivity index (χ4n) is 1.62. The predicted molar refractivity (Wildman–Crippen MR) is 66.8 cm³/mol. The van der Waals surface area contributed by atoms with Gasteiger partial charge in [0.1, 0.15) is 12.1 Å². The molecule has 0 saturated heterocycles. The van der Waals surface area contributed by atoms with E-state index < -0.39 is 5.82 Å². The summed E-state index contributed by atoms with van der Waals surface area (Å²) in [5.74, 6) is -0.101. The van der Waals surface area contributed by atoms with E-state index in [0.717, 1.165) is 0 Å². The molecule has 0 aliphatic heterocycles. The van der Waals surface area contributed by atoms with Crippen molar-refractivity contribution in [3.8, 4) is 5.75 Å². The molecule has 0 spiro atoms. The molecular weight excluding hydrogens is 233 g/mol. The number of hydrogen-bond donors (Lipinski definition) is 2. The number of nitrogens with zero attached hydrogens (tertiary/aromatic N) is 2. The van der Waals surface area contributed by atoms with Crippen LogP contribution < -0.4 is 5.32 Å². The van der Waals surface area contributed by atoms with Gasteiger partial charge in [0.2, 0.25) is 0 Å². The summed E-state index contributed by atoms with van der Waals surface area (Å²) in [5, 5.41) is 12.5. The molecule has 0 radical (unpaired) electrons. The Morgan fingerprint density at radius 3 is 2.78 bits per heavy atom. The number of benzene rings is 1. The highest BCUT2D eigenvalue weighted by molar-refractivity contribution is 5.40. The van der Waals surface area contributed by atoms with Gasteiger partial charge in [-0.05, 0) is 12.5 Å². The topological polar surface area (TPSA) is 58.0 Å². The highest BCUT2D eigenvalue weighted by atomic mass is 19.1. The standard InChI is InChI=1S/C13H14FN3O/c1-2-10-12(14)13(17-8-16-10)15-7-9-5-3-4-6-11(9)18/h3-6,8,18H,2,7H2,1H3,(H,15,16,17). The van der Waals surface area contributed by atoms with Crippen LogP contribution in [0.4, 0.5) is 10.2 Å². The maximum absolute atomic E-state index is 13.8. The molecule has 5 heteroatoms. The normalized spacial score (nSPS) is 10.3. The molecule has 0 unspecified atom stereocenters. The minimum Gasteiger partial charge on any atom is -0.508 e. The minimum absolute atomic E-state index is 0.158. The molecule has 1 aromatic heterocycles. The van der Waals surface area contributed by atoms with Crippen molar-refractivity contribution in [1.82, 2.24) is 9.97 Å². The van der Waals surface area contributed by atoms with E-state index in [1.165, 1.54) is 6.33 Å². The summed E-state index contributed by atoms with van der Waals surface area (Å²) in [6, 6.07) is 6.90. The zero-order chi connectivity index (χ0) is 13.0. The first-order valence-corrected chi connectivity index (χ1v) is 5.72. The van der Waals surface area contributed by atoms with Crippen LogP contribution in [-0.2, 0) is 13.0 Å². The van der Waals surface area contributed by atoms with Gasteiger partial charge in [-0.3, -0.25) is 0 Å². The third kappa shape index (κ3) is 2.56. The van der Waals surface area contributed by atoms with Crippen molar-refractivity contribution in [1.29, 1.82) is 0 Å². The summed E-state index contributed by atoms with van der Waals surface area (Å²) in [4.78, 5) is 7.71. The van der Waals surface area contributed by atoms with E-state index >= 15 is 0 Å². The molecule has 0 atom stereocenters. The molecule has 94 valence electrons. The van der Waals surface area contributed by atoms with E-state index in [-0.39, 0.29) is 11.6 Å². The highest BCUT2D eigenvalue weighted by Crippen LogP contribution is 2.18. The van der Waals surface area contributed by atoms with E-state index in [4.69, 9.17) is 0 Å². The lowest BCUT2D eigenvalue weighted by molar-refractivity contribution is 0.469. The molecule has 0 saturated carbocycles. The third-order valence-electron chi connectivity index (χ3n) is 2.63. The van der Waals surface area contributed by atoms with E-state index in [2.05, 4.69) is 15.3 Å². The number of rotatable bonds is 4. The van der Waals surface area contributed by atoms with Crippen molar-refractivity contribution in [3.63, 3.8) is 0 Å². The van der Waals surface area contributed by atoms with Crippen molar-refractivity contribution < 1.29 is 9.50 Å². The summed E-state index contributed by atoms with van der Waals surface area (Å²) >= 11 is 0. The molecule has 0 bridgehead atoms. The molecule has 2 rings (SSSR count). The lowest BCUT2D eigenvalue weighted by atomic mass is 10.2. The molecule has 0 aliphatic carbocycles. The maximum Gasteiger partial charge on any atom is 0.186 e. The molecule has 1 aromatic carbocycles. The second-order valence-corrected chi connectivity index (χ2v) is 3.82. The first-order chi connectivity index (χ1) is 8.72. The van der Waals surface area contributed by atoms with Gasteiger partial charge in [-0.2, -0.15) is 0 Å². The zero-order valence-electron chi connectivity index (χ0n) is 10.0. The molecule has 2 N–H and O–H groups in total. The quantitative estimate of drug-likeness (QED) is 0.871. The van der Waals surface area contributed by atoms with Crippen LogP contribution in [0.3, 0.4) is 0 Å². The minimum atomic E-state index is -0.435. The van der Waals surface area contributed by atoms with Crippen LogP contribution in [-0.4, -0.2) is 15.1 Å². The molecule has 18 heavy (non-hydrogen) atoms. The largest absolute Gasteiger partial charge is 0.508 e. The zero-order valence-corrected chi connectivity index (χ0v) is 10.0. The van der Waals surface area contributed by atoms with Gasteiger partial charge in [-0.15, -0.1) is 0 Å². The number of halogens is 1. The van der Waals surface area contributed by atoms with Gasteiger partial charge in [0.15, 0.2) is 11.6 Å². The van der Waals surface area contributed by atoms with Crippen LogP contribution in [0, 0.1) is 5.82 Å². The average Bonchev–Trinajstić information content (AvgIpc) is 2.39. The molecule has 2 aromatic rings. The summed E-state index contributed by atoms with van der Waals surface area (Å²) in [6.07, 6.45) is 1.84. The van der Waals surface area contributed by atoms with Crippen LogP contribution >= 0.6 is 0 Å². The molecule has 1 heterocycles. The number of para-hydroxylation sites is 1. The second-order valence-electron chi connectivity index (χ2n) is 3.82. The number of aromatic nitrogens is 2. The number of nitrogens with one attached hydrogen (secondary N) is 1. The fourth-order valence-corrected chi connectivity index (χ4v) is 1.62. The highest BCUT2D eigenvalue weighted by Gasteiger charge is 2.09. The molecular formula is C13H14FN3O. The summed E-state index contributed by atoms with van der Waals surface area (Å²) in [5.41, 5.74) is 1.07. The molecule has 0 fully saturated rings. The van der Waals surface area contributed by atoms with Crippen molar-refractivity contribution >= 4 is 5.82 Å². The van der Waals surface area contributed by atoms with Gasteiger partial charge in [0.05, 0.1) is 5.69 Å². The van der Waals surface area contributed by atoms with Gasteiger partial charge < -0.3 is 10.4 Å². The Morgan fingerprint density at radius 2 is 2.06 bits per heavy atom. The maximum atomic E-state index is 13.8. The van der Waals surface area contributed by atoms with Crippen molar-refractivity contribution in [2.24, 2.45) is 0 Å². The van der Waals surface area contributed by atoms with Crippen molar-refractivity contribution in [3.05, 3.63) is 47.7 Å². The van der Waals surface area contributed by atoms with Gasteiger partial charge >= 0.3 is 0 Å². The first kappa shape index (κ1) is 12.3. The lowest BCUT2D eigenvalue weighted by Gasteiger charge is -2.09. The Morgan fingerprint density at radius 1 is 1.28 bits per heavy atom. The van der Waals surface area contributed by atoms with E-state index in [9.17, 15) is 9.50 Å². The van der Waals surface area contributed by atoms with Crippen LogP contribution in [0.15, 0.2) is 30.6 Å². The first-order valence-electron chi connectivity index (χ1n) is 5.72. The van der Waals surface area contributed by atoms with Crippen LogP contribution in [0.5, 0.6) is 5.75 Å². The Bertz CT molecular complexity index is 546. The number of aryl methyl sites for hydroxylation is 1. The van der Waals surface area contributed by atoms with Crippen LogP contribution in [0.1, 0.15) is 18.2 Å². The van der Waals surface area contributed by atoms with Gasteiger partial charge in [0, 0.05) is 12.1 Å². The number of aromatic hydroxyl groups is 1. The average molecular weight is 247 g/mol. The fraction of sp³-hybridized carbons (Fsp3) is 0.231. The number of phenols is 1. The van der Waals surface area contributed by atoms with Gasteiger partial charge in [-0.25, -0.2) is 14.4 Å². The molecule has 0 aliphatic rings. The lowest BCUT2D eigenvalue weighted by Crippen LogP contribution is -2.06. The number of hydrogen-bond acceptors (Lipinski definition) is 4. The summed E-state index contributed by atoms with van der Waals surface area (Å²) < 4.78 is 13.8.